The molecule has 0 bridgehead atoms. The van der Waals surface area contributed by atoms with Crippen molar-refractivity contribution >= 4 is 35.2 Å². The van der Waals surface area contributed by atoms with Crippen LogP contribution >= 0.6 is 23.4 Å². The summed E-state index contributed by atoms with van der Waals surface area (Å²) < 4.78 is 5.41. The monoisotopic (exact) mass is 536 g/mol. The van der Waals surface area contributed by atoms with E-state index in [0.29, 0.717) is 18.0 Å². The highest BCUT2D eigenvalue weighted by Crippen LogP contribution is 2.24. The number of benzene rings is 3. The third-order valence-corrected chi connectivity index (χ3v) is 7.88. The van der Waals surface area contributed by atoms with Crippen molar-refractivity contribution in [1.82, 2.24) is 10.2 Å². The molecule has 1 atom stereocenters. The summed E-state index contributed by atoms with van der Waals surface area (Å²) in [6.45, 7) is 0.312. The number of thioether (sulfide) groups is 1. The van der Waals surface area contributed by atoms with E-state index in [4.69, 9.17) is 16.3 Å². The molecule has 3 aromatic carbocycles. The number of methoxy groups -OCH3 is 1. The molecule has 1 N–H and O–H groups in total. The van der Waals surface area contributed by atoms with E-state index in [1.807, 2.05) is 78.9 Å². The molecule has 0 aliphatic heterocycles. The summed E-state index contributed by atoms with van der Waals surface area (Å²) in [6, 6.07) is 24.5. The lowest BCUT2D eigenvalue weighted by Crippen LogP contribution is -2.52. The van der Waals surface area contributed by atoms with Gasteiger partial charge in [-0.05, 0) is 60.4 Å². The van der Waals surface area contributed by atoms with Crippen molar-refractivity contribution in [3.05, 3.63) is 95.0 Å². The fourth-order valence-corrected chi connectivity index (χ4v) is 5.56. The van der Waals surface area contributed by atoms with Gasteiger partial charge in [-0.3, -0.25) is 9.59 Å². The first-order chi connectivity index (χ1) is 18.0. The van der Waals surface area contributed by atoms with E-state index < -0.39 is 6.04 Å². The predicted molar refractivity (Wildman–Crippen MR) is 150 cm³/mol. The van der Waals surface area contributed by atoms with Gasteiger partial charge in [0.05, 0.1) is 12.9 Å². The van der Waals surface area contributed by atoms with Crippen molar-refractivity contribution in [1.29, 1.82) is 0 Å². The molecule has 0 spiro atoms. The molecular weight excluding hydrogens is 504 g/mol. The molecule has 1 aliphatic rings. The van der Waals surface area contributed by atoms with E-state index in [1.165, 1.54) is 11.8 Å². The maximum absolute atomic E-state index is 13.8. The first-order valence-electron chi connectivity index (χ1n) is 12.7. The molecule has 37 heavy (non-hydrogen) atoms. The van der Waals surface area contributed by atoms with Crippen LogP contribution in [0.1, 0.15) is 36.8 Å². The molecule has 1 saturated carbocycles. The van der Waals surface area contributed by atoms with Crippen LogP contribution in [0.3, 0.4) is 0 Å². The van der Waals surface area contributed by atoms with Crippen molar-refractivity contribution in [3.8, 4) is 5.75 Å². The molecule has 1 aliphatic carbocycles. The van der Waals surface area contributed by atoms with Crippen molar-refractivity contribution in [3.63, 3.8) is 0 Å². The molecule has 3 aromatic rings. The Kier molecular flexibility index (Phi) is 9.92. The largest absolute Gasteiger partial charge is 0.497 e. The van der Waals surface area contributed by atoms with Gasteiger partial charge in [-0.15, -0.1) is 11.8 Å². The summed E-state index contributed by atoms with van der Waals surface area (Å²) in [7, 11) is 1.62. The second-order valence-corrected chi connectivity index (χ2v) is 10.8. The molecule has 1 fully saturated rings. The van der Waals surface area contributed by atoms with Crippen LogP contribution < -0.4 is 10.1 Å². The van der Waals surface area contributed by atoms with Gasteiger partial charge in [-0.25, -0.2) is 0 Å². The summed E-state index contributed by atoms with van der Waals surface area (Å²) in [5, 5.41) is 3.90. The van der Waals surface area contributed by atoms with E-state index >= 15 is 0 Å². The number of hydrogen-bond acceptors (Lipinski definition) is 4. The van der Waals surface area contributed by atoms with Gasteiger partial charge in [0.2, 0.25) is 11.8 Å². The van der Waals surface area contributed by atoms with Crippen LogP contribution in [0, 0.1) is 0 Å². The number of nitrogens with zero attached hydrogens (tertiary/aromatic N) is 1. The van der Waals surface area contributed by atoms with Gasteiger partial charge in [0, 0.05) is 28.9 Å². The van der Waals surface area contributed by atoms with E-state index in [0.717, 1.165) is 47.5 Å². The van der Waals surface area contributed by atoms with Crippen LogP contribution in [0.2, 0.25) is 5.02 Å². The Morgan fingerprint density at radius 1 is 1.00 bits per heavy atom. The minimum atomic E-state index is -0.632. The average molecular weight is 537 g/mol. The second kappa shape index (κ2) is 13.5. The number of ether oxygens (including phenoxy) is 1. The van der Waals surface area contributed by atoms with Crippen LogP contribution in [0.4, 0.5) is 0 Å². The first kappa shape index (κ1) is 27.1. The van der Waals surface area contributed by atoms with E-state index in [2.05, 4.69) is 5.32 Å². The number of nitrogens with one attached hydrogen (secondary N) is 1. The molecule has 2 amide bonds. The quantitative estimate of drug-likeness (QED) is 0.299. The summed E-state index contributed by atoms with van der Waals surface area (Å²) in [5.41, 5.74) is 1.93. The SMILES string of the molecule is COc1cccc(CN(C(=O)CSc2ccc(Cl)cc2)C(Cc2ccccc2)C(=O)NC2CCCC2)c1. The van der Waals surface area contributed by atoms with Crippen molar-refractivity contribution in [2.75, 3.05) is 12.9 Å². The number of hydrogen-bond donors (Lipinski definition) is 1. The lowest BCUT2D eigenvalue weighted by Gasteiger charge is -2.32. The predicted octanol–water partition coefficient (Wildman–Crippen LogP) is 6.14. The number of carbonyl (C=O) groups is 2. The third kappa shape index (κ3) is 8.01. The average Bonchev–Trinajstić information content (AvgIpc) is 3.44. The van der Waals surface area contributed by atoms with Gasteiger partial charge in [-0.1, -0.05) is 66.9 Å². The van der Waals surface area contributed by atoms with E-state index in [-0.39, 0.29) is 23.6 Å². The van der Waals surface area contributed by atoms with Gasteiger partial charge >= 0.3 is 0 Å². The number of rotatable bonds is 11. The Morgan fingerprint density at radius 2 is 1.70 bits per heavy atom. The summed E-state index contributed by atoms with van der Waals surface area (Å²) in [5.74, 6) is 0.748. The summed E-state index contributed by atoms with van der Waals surface area (Å²) >= 11 is 7.47. The molecule has 0 saturated heterocycles. The Labute approximate surface area is 228 Å². The first-order valence-corrected chi connectivity index (χ1v) is 14.0. The highest BCUT2D eigenvalue weighted by Gasteiger charge is 2.32. The third-order valence-electron chi connectivity index (χ3n) is 6.64. The molecule has 194 valence electrons. The van der Waals surface area contributed by atoms with Gasteiger partial charge in [-0.2, -0.15) is 0 Å². The second-order valence-electron chi connectivity index (χ2n) is 9.31. The molecule has 4 rings (SSSR count). The zero-order valence-corrected chi connectivity index (χ0v) is 22.6. The molecule has 5 nitrogen and oxygen atoms in total. The molecule has 7 heteroatoms. The smallest absolute Gasteiger partial charge is 0.243 e. The van der Waals surface area contributed by atoms with Gasteiger partial charge in [0.15, 0.2) is 0 Å². The number of carbonyl (C=O) groups excluding carboxylic acids is 2. The molecular formula is C30H33ClN2O3S. The zero-order valence-electron chi connectivity index (χ0n) is 21.1. The maximum atomic E-state index is 13.8. The lowest BCUT2D eigenvalue weighted by molar-refractivity contribution is -0.139. The van der Waals surface area contributed by atoms with Gasteiger partial charge < -0.3 is 15.0 Å². The van der Waals surface area contributed by atoms with E-state index in [9.17, 15) is 9.59 Å². The van der Waals surface area contributed by atoms with Crippen molar-refractivity contribution in [2.24, 2.45) is 0 Å². The van der Waals surface area contributed by atoms with Crippen LogP contribution in [-0.4, -0.2) is 41.7 Å². The Bertz CT molecular complexity index is 1170. The van der Waals surface area contributed by atoms with Crippen LogP contribution in [0.15, 0.2) is 83.8 Å². The lowest BCUT2D eigenvalue weighted by atomic mass is 10.0. The molecule has 0 heterocycles. The Morgan fingerprint density at radius 3 is 2.41 bits per heavy atom. The fourth-order valence-electron chi connectivity index (χ4n) is 4.65. The fraction of sp³-hybridized carbons (Fsp3) is 0.333. The minimum absolute atomic E-state index is 0.0923. The Balaban J connectivity index is 1.61. The van der Waals surface area contributed by atoms with Crippen LogP contribution in [-0.2, 0) is 22.6 Å². The van der Waals surface area contributed by atoms with Crippen LogP contribution in [0.5, 0.6) is 5.75 Å². The normalized spacial score (nSPS) is 14.2. The van der Waals surface area contributed by atoms with E-state index in [1.54, 1.807) is 12.0 Å². The number of amides is 2. The summed E-state index contributed by atoms with van der Waals surface area (Å²) in [4.78, 5) is 30.2. The van der Waals surface area contributed by atoms with Crippen molar-refractivity contribution < 1.29 is 14.3 Å². The van der Waals surface area contributed by atoms with Gasteiger partial charge in [0.25, 0.3) is 0 Å². The van der Waals surface area contributed by atoms with Crippen LogP contribution in [0.25, 0.3) is 0 Å². The minimum Gasteiger partial charge on any atom is -0.497 e. The topological polar surface area (TPSA) is 58.6 Å². The van der Waals surface area contributed by atoms with Gasteiger partial charge in [0.1, 0.15) is 11.8 Å². The Hall–Kier alpha value is -2.96. The molecule has 0 radical (unpaired) electrons. The summed E-state index contributed by atoms with van der Waals surface area (Å²) in [6.07, 6.45) is 4.66. The van der Waals surface area contributed by atoms with Crippen molar-refractivity contribution in [2.45, 2.75) is 55.6 Å². The zero-order chi connectivity index (χ0) is 26.0. The highest BCUT2D eigenvalue weighted by molar-refractivity contribution is 8.00. The molecule has 0 aromatic heterocycles. The highest BCUT2D eigenvalue weighted by atomic mass is 35.5. The standard InChI is InChI=1S/C30H33ClN2O3S/c1-36-26-13-7-10-23(18-26)20-33(29(34)21-37-27-16-14-24(31)15-17-27)28(19-22-8-3-2-4-9-22)30(35)32-25-11-5-6-12-25/h2-4,7-10,13-18,25,28H,5-6,11-12,19-21H2,1H3,(H,32,35). The maximum Gasteiger partial charge on any atom is 0.243 e. The number of halogens is 1. The molecule has 1 unspecified atom stereocenters.